The van der Waals surface area contributed by atoms with E-state index in [1.54, 1.807) is 18.2 Å². The van der Waals surface area contributed by atoms with Crippen LogP contribution in [0.1, 0.15) is 21.5 Å². The van der Waals surface area contributed by atoms with E-state index < -0.39 is 10.8 Å². The average Bonchev–Trinajstić information content (AvgIpc) is 2.74. The van der Waals surface area contributed by atoms with Crippen LogP contribution in [0, 0.1) is 23.1 Å². The molecule has 0 aliphatic heterocycles. The second kappa shape index (κ2) is 10.6. The molecule has 0 aromatic heterocycles. The van der Waals surface area contributed by atoms with Gasteiger partial charge in [0.05, 0.1) is 18.3 Å². The molecule has 0 atom stereocenters. The van der Waals surface area contributed by atoms with E-state index in [4.69, 9.17) is 4.74 Å². The number of hydrazone groups is 1. The van der Waals surface area contributed by atoms with Crippen molar-refractivity contribution in [3.63, 3.8) is 0 Å². The summed E-state index contributed by atoms with van der Waals surface area (Å²) in [6.07, 6.45) is 1.46. The Bertz CT molecular complexity index is 1150. The van der Waals surface area contributed by atoms with Gasteiger partial charge in [0, 0.05) is 23.3 Å². The summed E-state index contributed by atoms with van der Waals surface area (Å²) in [6.45, 7) is 0.103. The molecule has 0 aliphatic carbocycles. The van der Waals surface area contributed by atoms with Crippen molar-refractivity contribution in [1.29, 1.82) is 0 Å². The van der Waals surface area contributed by atoms with Gasteiger partial charge in [-0.2, -0.15) is 5.10 Å². The van der Waals surface area contributed by atoms with Crippen molar-refractivity contribution in [3.8, 4) is 5.75 Å². The predicted molar refractivity (Wildman–Crippen MR) is 131 cm³/mol. The highest BCUT2D eigenvalue weighted by Gasteiger charge is 2.12. The standard InChI is InChI=1S/C21H14FI2N3O4/c22-17-7-2-1-4-15(17)12-31-20-18(23)8-13(9-19(20)24)11-25-26-21(28)14-5-3-6-16(10-14)27(29)30/h1-11H,12H2,(H,26,28)/b25-11+. The van der Waals surface area contributed by atoms with Crippen molar-refractivity contribution in [2.75, 3.05) is 0 Å². The number of ether oxygens (including phenoxy) is 1. The van der Waals surface area contributed by atoms with E-state index in [1.165, 1.54) is 36.5 Å². The molecular weight excluding hydrogens is 631 g/mol. The third kappa shape index (κ3) is 6.19. The number of rotatable bonds is 7. The normalized spacial score (nSPS) is 10.8. The molecule has 3 aromatic rings. The SMILES string of the molecule is O=C(N/N=C/c1cc(I)c(OCc2ccccc2F)c(I)c1)c1cccc([N+](=O)[O-])c1. The van der Waals surface area contributed by atoms with Gasteiger partial charge in [-0.3, -0.25) is 14.9 Å². The first kappa shape index (κ1) is 23.1. The molecule has 1 N–H and O–H groups in total. The maximum absolute atomic E-state index is 13.8. The molecule has 0 radical (unpaired) electrons. The number of halogens is 3. The van der Waals surface area contributed by atoms with Gasteiger partial charge in [0.2, 0.25) is 0 Å². The molecule has 3 rings (SSSR count). The van der Waals surface area contributed by atoms with Crippen molar-refractivity contribution in [2.45, 2.75) is 6.61 Å². The zero-order chi connectivity index (χ0) is 22.4. The van der Waals surface area contributed by atoms with Gasteiger partial charge in [-0.25, -0.2) is 9.82 Å². The first-order valence-corrected chi connectivity index (χ1v) is 10.9. The van der Waals surface area contributed by atoms with E-state index in [2.05, 4.69) is 55.7 Å². The summed E-state index contributed by atoms with van der Waals surface area (Å²) in [5, 5.41) is 14.7. The molecular formula is C21H14FI2N3O4. The van der Waals surface area contributed by atoms with E-state index in [1.807, 2.05) is 12.1 Å². The lowest BCUT2D eigenvalue weighted by atomic mass is 10.2. The monoisotopic (exact) mass is 645 g/mol. The summed E-state index contributed by atoms with van der Waals surface area (Å²) in [5.41, 5.74) is 3.48. The summed E-state index contributed by atoms with van der Waals surface area (Å²) < 4.78 is 21.2. The Morgan fingerprint density at radius 2 is 1.84 bits per heavy atom. The number of nitro groups is 1. The van der Waals surface area contributed by atoms with Gasteiger partial charge in [-0.05, 0) is 75.0 Å². The number of hydrogen-bond acceptors (Lipinski definition) is 5. The molecule has 3 aromatic carbocycles. The molecule has 0 unspecified atom stereocenters. The lowest BCUT2D eigenvalue weighted by Crippen LogP contribution is -2.17. The van der Waals surface area contributed by atoms with Crippen molar-refractivity contribution in [1.82, 2.24) is 5.43 Å². The van der Waals surface area contributed by atoms with Crippen LogP contribution in [0.2, 0.25) is 0 Å². The molecule has 10 heteroatoms. The minimum atomic E-state index is -0.570. The van der Waals surface area contributed by atoms with Gasteiger partial charge in [0.25, 0.3) is 11.6 Å². The first-order chi connectivity index (χ1) is 14.8. The fourth-order valence-electron chi connectivity index (χ4n) is 2.55. The van der Waals surface area contributed by atoms with E-state index in [0.29, 0.717) is 16.9 Å². The van der Waals surface area contributed by atoms with Crippen LogP contribution >= 0.6 is 45.2 Å². The maximum atomic E-state index is 13.8. The minimum Gasteiger partial charge on any atom is -0.487 e. The van der Waals surface area contributed by atoms with Crippen molar-refractivity contribution in [3.05, 3.63) is 100 Å². The fourth-order valence-corrected chi connectivity index (χ4v) is 4.68. The van der Waals surface area contributed by atoms with Crippen LogP contribution in [0.15, 0.2) is 65.8 Å². The topological polar surface area (TPSA) is 93.8 Å². The summed E-state index contributed by atoms with van der Waals surface area (Å²) in [6, 6.07) is 15.4. The van der Waals surface area contributed by atoms with Crippen LogP contribution in [0.5, 0.6) is 5.75 Å². The van der Waals surface area contributed by atoms with Crippen LogP contribution in [-0.4, -0.2) is 17.0 Å². The fraction of sp³-hybridized carbons (Fsp3) is 0.0476. The average molecular weight is 645 g/mol. The highest BCUT2D eigenvalue weighted by Crippen LogP contribution is 2.29. The molecule has 31 heavy (non-hydrogen) atoms. The minimum absolute atomic E-state index is 0.103. The number of nitrogens with one attached hydrogen (secondary N) is 1. The van der Waals surface area contributed by atoms with Gasteiger partial charge in [0.1, 0.15) is 18.2 Å². The Hall–Kier alpha value is -2.61. The van der Waals surface area contributed by atoms with Gasteiger partial charge in [-0.15, -0.1) is 0 Å². The van der Waals surface area contributed by atoms with Gasteiger partial charge in [0.15, 0.2) is 0 Å². The number of benzene rings is 3. The molecule has 0 aliphatic rings. The van der Waals surface area contributed by atoms with Crippen LogP contribution in [0.25, 0.3) is 0 Å². The Morgan fingerprint density at radius 1 is 1.13 bits per heavy atom. The second-order valence-corrected chi connectivity index (χ2v) is 8.52. The van der Waals surface area contributed by atoms with E-state index >= 15 is 0 Å². The molecule has 0 saturated carbocycles. The van der Waals surface area contributed by atoms with Crippen LogP contribution in [0.3, 0.4) is 0 Å². The number of hydrogen-bond donors (Lipinski definition) is 1. The van der Waals surface area contributed by atoms with E-state index in [-0.39, 0.29) is 23.7 Å². The number of nitrogens with zero attached hydrogens (tertiary/aromatic N) is 2. The lowest BCUT2D eigenvalue weighted by molar-refractivity contribution is -0.384. The summed E-state index contributed by atoms with van der Waals surface area (Å²) in [5.74, 6) is -0.257. The summed E-state index contributed by atoms with van der Waals surface area (Å²) in [4.78, 5) is 22.4. The van der Waals surface area contributed by atoms with Gasteiger partial charge in [-0.1, -0.05) is 24.3 Å². The second-order valence-electron chi connectivity index (χ2n) is 6.20. The molecule has 0 fully saturated rings. The zero-order valence-electron chi connectivity index (χ0n) is 15.7. The highest BCUT2D eigenvalue weighted by atomic mass is 127. The Labute approximate surface area is 204 Å². The first-order valence-electron chi connectivity index (χ1n) is 8.78. The van der Waals surface area contributed by atoms with Crippen LogP contribution < -0.4 is 10.2 Å². The molecule has 7 nitrogen and oxygen atoms in total. The van der Waals surface area contributed by atoms with E-state index in [9.17, 15) is 19.3 Å². The van der Waals surface area contributed by atoms with Crippen LogP contribution in [-0.2, 0) is 6.61 Å². The van der Waals surface area contributed by atoms with E-state index in [0.717, 1.165) is 7.14 Å². The number of nitro benzene ring substituents is 1. The highest BCUT2D eigenvalue weighted by molar-refractivity contribution is 14.1. The largest absolute Gasteiger partial charge is 0.487 e. The van der Waals surface area contributed by atoms with Crippen molar-refractivity contribution in [2.24, 2.45) is 5.10 Å². The van der Waals surface area contributed by atoms with Gasteiger partial charge < -0.3 is 4.74 Å². The third-order valence-electron chi connectivity index (χ3n) is 4.05. The number of carbonyl (C=O) groups excluding carboxylic acids is 1. The van der Waals surface area contributed by atoms with Crippen molar-refractivity contribution >= 4 is 63.0 Å². The molecule has 0 saturated heterocycles. The maximum Gasteiger partial charge on any atom is 0.271 e. The smallest absolute Gasteiger partial charge is 0.271 e. The molecule has 1 amide bonds. The van der Waals surface area contributed by atoms with Crippen molar-refractivity contribution < 1.29 is 18.8 Å². The number of carbonyl (C=O) groups is 1. The lowest BCUT2D eigenvalue weighted by Gasteiger charge is -2.12. The van der Waals surface area contributed by atoms with Crippen LogP contribution in [0.4, 0.5) is 10.1 Å². The third-order valence-corrected chi connectivity index (χ3v) is 5.65. The molecule has 0 heterocycles. The Balaban J connectivity index is 1.66. The van der Waals surface area contributed by atoms with Gasteiger partial charge >= 0.3 is 0 Å². The Kier molecular flexibility index (Phi) is 7.90. The number of non-ortho nitro benzene ring substituents is 1. The molecule has 0 spiro atoms. The summed E-state index contributed by atoms with van der Waals surface area (Å²) in [7, 11) is 0. The molecule has 0 bridgehead atoms. The quantitative estimate of drug-likeness (QED) is 0.164. The predicted octanol–water partition coefficient (Wildman–Crippen LogP) is 5.29. The summed E-state index contributed by atoms with van der Waals surface area (Å²) >= 11 is 4.22. The molecule has 158 valence electrons. The number of amides is 1. The zero-order valence-corrected chi connectivity index (χ0v) is 20.0. The Morgan fingerprint density at radius 3 is 2.52 bits per heavy atom.